The number of nitrogens with zero attached hydrogens (tertiary/aromatic N) is 4. The first kappa shape index (κ1) is 23.2. The summed E-state index contributed by atoms with van der Waals surface area (Å²) in [6.45, 7) is 8.84. The lowest BCUT2D eigenvalue weighted by Gasteiger charge is -2.36. The SMILES string of the molecule is CCOC(=O)c1c(NC(=S)N2CCN(Cc3cn(C)nc3C)CC2)sc2c1CCCCC2. The molecule has 0 radical (unpaired) electrons. The Morgan fingerprint density at radius 2 is 1.97 bits per heavy atom. The van der Waals surface area contributed by atoms with Gasteiger partial charge in [0, 0.05) is 56.4 Å². The summed E-state index contributed by atoms with van der Waals surface area (Å²) in [5.74, 6) is -0.228. The van der Waals surface area contributed by atoms with Crippen LogP contribution in [0.25, 0.3) is 0 Å². The fourth-order valence-corrected chi connectivity index (χ4v) is 6.21. The Kier molecular flexibility index (Phi) is 7.48. The average Bonchev–Trinajstić information content (AvgIpc) is 3.16. The second kappa shape index (κ2) is 10.3. The molecule has 1 aliphatic carbocycles. The van der Waals surface area contributed by atoms with Crippen molar-refractivity contribution in [3.05, 3.63) is 33.5 Å². The number of rotatable bonds is 5. The highest BCUT2D eigenvalue weighted by Crippen LogP contribution is 2.38. The van der Waals surface area contributed by atoms with Gasteiger partial charge in [-0.25, -0.2) is 4.79 Å². The Labute approximate surface area is 199 Å². The van der Waals surface area contributed by atoms with E-state index in [1.807, 2.05) is 18.7 Å². The molecule has 0 unspecified atom stereocenters. The Balaban J connectivity index is 1.41. The van der Waals surface area contributed by atoms with Gasteiger partial charge in [0.2, 0.25) is 0 Å². The number of thiophene rings is 1. The summed E-state index contributed by atoms with van der Waals surface area (Å²) in [6.07, 6.45) is 7.60. The Hall–Kier alpha value is -1.97. The zero-order valence-corrected chi connectivity index (χ0v) is 20.9. The standard InChI is InChI=1S/C23H33N5O2S2/c1-4-30-22(29)20-18-8-6-5-7-9-19(18)32-21(20)24-23(31)28-12-10-27(11-13-28)15-17-14-26(3)25-16(17)2/h14H,4-13,15H2,1-3H3,(H,24,31). The minimum atomic E-state index is -0.228. The van der Waals surface area contributed by atoms with E-state index in [1.54, 1.807) is 11.3 Å². The van der Waals surface area contributed by atoms with Crippen molar-refractivity contribution in [1.82, 2.24) is 19.6 Å². The monoisotopic (exact) mass is 475 g/mol. The summed E-state index contributed by atoms with van der Waals surface area (Å²) in [4.78, 5) is 18.8. The van der Waals surface area contributed by atoms with E-state index in [9.17, 15) is 4.79 Å². The maximum Gasteiger partial charge on any atom is 0.341 e. The van der Waals surface area contributed by atoms with Gasteiger partial charge in [-0.05, 0) is 57.3 Å². The summed E-state index contributed by atoms with van der Waals surface area (Å²) in [6, 6.07) is 0. The fraction of sp³-hybridized carbons (Fsp3) is 0.609. The summed E-state index contributed by atoms with van der Waals surface area (Å²) < 4.78 is 7.28. The van der Waals surface area contributed by atoms with Gasteiger partial charge in [0.15, 0.2) is 5.11 Å². The number of carbonyl (C=O) groups is 1. The zero-order valence-electron chi connectivity index (χ0n) is 19.3. The van der Waals surface area contributed by atoms with Crippen molar-refractivity contribution in [2.24, 2.45) is 7.05 Å². The summed E-state index contributed by atoms with van der Waals surface area (Å²) in [5.41, 5.74) is 4.26. The Bertz CT molecular complexity index is 975. The molecule has 2 aliphatic rings. The molecule has 2 aromatic heterocycles. The van der Waals surface area contributed by atoms with E-state index in [1.165, 1.54) is 28.8 Å². The van der Waals surface area contributed by atoms with Crippen molar-refractivity contribution in [1.29, 1.82) is 0 Å². The van der Waals surface area contributed by atoms with Gasteiger partial charge in [0.05, 0.1) is 17.9 Å². The predicted octanol–water partition coefficient (Wildman–Crippen LogP) is 3.75. The number of carbonyl (C=O) groups excluding carboxylic acids is 1. The number of ether oxygens (including phenoxy) is 1. The molecule has 1 fully saturated rings. The fourth-order valence-electron chi connectivity index (χ4n) is 4.58. The van der Waals surface area contributed by atoms with E-state index in [4.69, 9.17) is 17.0 Å². The molecule has 0 amide bonds. The van der Waals surface area contributed by atoms with Crippen LogP contribution in [0.5, 0.6) is 0 Å². The van der Waals surface area contributed by atoms with Gasteiger partial charge in [-0.15, -0.1) is 11.3 Å². The number of piperazine rings is 1. The van der Waals surface area contributed by atoms with Crippen molar-refractivity contribution in [3.8, 4) is 0 Å². The summed E-state index contributed by atoms with van der Waals surface area (Å²) in [7, 11) is 1.97. The molecule has 1 aliphatic heterocycles. The topological polar surface area (TPSA) is 62.6 Å². The highest BCUT2D eigenvalue weighted by molar-refractivity contribution is 7.80. The van der Waals surface area contributed by atoms with Crippen LogP contribution >= 0.6 is 23.6 Å². The maximum absolute atomic E-state index is 12.8. The van der Waals surface area contributed by atoms with E-state index in [0.29, 0.717) is 17.3 Å². The lowest BCUT2D eigenvalue weighted by molar-refractivity contribution is 0.0527. The normalized spacial score (nSPS) is 17.0. The third-order valence-corrected chi connectivity index (χ3v) is 7.86. The van der Waals surface area contributed by atoms with E-state index in [0.717, 1.165) is 62.7 Å². The molecule has 32 heavy (non-hydrogen) atoms. The molecule has 0 aromatic carbocycles. The molecule has 1 saturated heterocycles. The third-order valence-electron chi connectivity index (χ3n) is 6.29. The average molecular weight is 476 g/mol. The lowest BCUT2D eigenvalue weighted by atomic mass is 10.1. The quantitative estimate of drug-likeness (QED) is 0.401. The van der Waals surface area contributed by atoms with Crippen LogP contribution in [0, 0.1) is 6.92 Å². The second-order valence-corrected chi connectivity index (χ2v) is 10.1. The molecule has 4 rings (SSSR count). The van der Waals surface area contributed by atoms with Crippen LogP contribution in [-0.4, -0.2) is 63.4 Å². The van der Waals surface area contributed by atoms with Crippen LogP contribution < -0.4 is 5.32 Å². The number of thiocarbonyl (C=S) groups is 1. The number of nitrogens with one attached hydrogen (secondary N) is 1. The van der Waals surface area contributed by atoms with E-state index < -0.39 is 0 Å². The highest BCUT2D eigenvalue weighted by Gasteiger charge is 2.27. The largest absolute Gasteiger partial charge is 0.462 e. The van der Waals surface area contributed by atoms with Gasteiger partial charge in [-0.2, -0.15) is 5.10 Å². The first-order chi connectivity index (χ1) is 15.5. The van der Waals surface area contributed by atoms with Gasteiger partial charge in [0.25, 0.3) is 0 Å². The van der Waals surface area contributed by atoms with Crippen LogP contribution in [0.1, 0.15) is 58.2 Å². The van der Waals surface area contributed by atoms with Crippen molar-refractivity contribution < 1.29 is 9.53 Å². The molecule has 174 valence electrons. The van der Waals surface area contributed by atoms with E-state index in [2.05, 4.69) is 33.3 Å². The van der Waals surface area contributed by atoms with Gasteiger partial charge >= 0.3 is 5.97 Å². The number of hydrogen-bond donors (Lipinski definition) is 1. The van der Waals surface area contributed by atoms with Gasteiger partial charge in [-0.1, -0.05) is 6.42 Å². The predicted molar refractivity (Wildman–Crippen MR) is 133 cm³/mol. The van der Waals surface area contributed by atoms with Crippen molar-refractivity contribution in [2.75, 3.05) is 38.1 Å². The Morgan fingerprint density at radius 3 is 2.66 bits per heavy atom. The Morgan fingerprint density at radius 1 is 1.22 bits per heavy atom. The van der Waals surface area contributed by atoms with Crippen molar-refractivity contribution in [3.63, 3.8) is 0 Å². The molecular formula is C23H33N5O2S2. The summed E-state index contributed by atoms with van der Waals surface area (Å²) >= 11 is 7.45. The summed E-state index contributed by atoms with van der Waals surface area (Å²) in [5, 5.41) is 9.42. The highest BCUT2D eigenvalue weighted by atomic mass is 32.1. The minimum Gasteiger partial charge on any atom is -0.462 e. The lowest BCUT2D eigenvalue weighted by Crippen LogP contribution is -2.49. The van der Waals surface area contributed by atoms with Crippen LogP contribution in [0.15, 0.2) is 6.20 Å². The van der Waals surface area contributed by atoms with Gasteiger partial charge < -0.3 is 15.0 Å². The molecule has 7 nitrogen and oxygen atoms in total. The zero-order chi connectivity index (χ0) is 22.7. The number of esters is 1. The minimum absolute atomic E-state index is 0.228. The van der Waals surface area contributed by atoms with Crippen molar-refractivity contribution >= 4 is 39.6 Å². The number of fused-ring (bicyclic) bond motifs is 1. The number of aryl methyl sites for hydroxylation is 3. The molecule has 0 spiro atoms. The number of aromatic nitrogens is 2. The molecule has 0 atom stereocenters. The smallest absolute Gasteiger partial charge is 0.341 e. The van der Waals surface area contributed by atoms with Gasteiger partial charge in [-0.3, -0.25) is 9.58 Å². The molecule has 3 heterocycles. The molecule has 9 heteroatoms. The maximum atomic E-state index is 12.8. The van der Waals surface area contributed by atoms with Crippen LogP contribution in [0.3, 0.4) is 0 Å². The third kappa shape index (κ3) is 5.15. The molecule has 1 N–H and O–H groups in total. The first-order valence-corrected chi connectivity index (χ1v) is 12.8. The first-order valence-electron chi connectivity index (χ1n) is 11.5. The van der Waals surface area contributed by atoms with Gasteiger partial charge in [0.1, 0.15) is 5.00 Å². The molecule has 0 saturated carbocycles. The second-order valence-electron chi connectivity index (χ2n) is 8.60. The van der Waals surface area contributed by atoms with Crippen LogP contribution in [0.4, 0.5) is 5.00 Å². The molecular weight excluding hydrogens is 442 g/mol. The van der Waals surface area contributed by atoms with Crippen LogP contribution in [-0.2, 0) is 31.2 Å². The van der Waals surface area contributed by atoms with E-state index in [-0.39, 0.29) is 5.97 Å². The van der Waals surface area contributed by atoms with Crippen LogP contribution in [0.2, 0.25) is 0 Å². The number of anilines is 1. The number of hydrogen-bond acceptors (Lipinski definition) is 6. The van der Waals surface area contributed by atoms with Crippen molar-refractivity contribution in [2.45, 2.75) is 52.5 Å². The molecule has 2 aromatic rings. The van der Waals surface area contributed by atoms with E-state index >= 15 is 0 Å². The molecule has 0 bridgehead atoms.